The summed E-state index contributed by atoms with van der Waals surface area (Å²) in [4.78, 5) is 40.1. The van der Waals surface area contributed by atoms with Crippen molar-refractivity contribution in [3.05, 3.63) is 69.4 Å². The molecule has 186 valence electrons. The van der Waals surface area contributed by atoms with Crippen LogP contribution >= 0.6 is 15.9 Å². The van der Waals surface area contributed by atoms with Crippen LogP contribution in [-0.4, -0.2) is 51.5 Å². The Balaban J connectivity index is 1.60. The molecule has 0 aromatic heterocycles. The van der Waals surface area contributed by atoms with Gasteiger partial charge < -0.3 is 15.3 Å². The number of carbonyl (C=O) groups is 3. The summed E-state index contributed by atoms with van der Waals surface area (Å²) >= 11 is 3.28. The summed E-state index contributed by atoms with van der Waals surface area (Å²) in [5, 5.41) is 13.0. The molecule has 3 atom stereocenters. The Morgan fingerprint density at radius 3 is 2.54 bits per heavy atom. The van der Waals surface area contributed by atoms with Crippen LogP contribution < -0.4 is 5.32 Å². The normalized spacial score (nSPS) is 22.4. The number of hydrogen-bond donors (Lipinski definition) is 2. The number of halogens is 5. The molecule has 1 fully saturated rings. The van der Waals surface area contributed by atoms with Gasteiger partial charge in [0, 0.05) is 17.4 Å². The Bertz CT molecular complexity index is 1190. The van der Waals surface area contributed by atoms with Gasteiger partial charge in [-0.3, -0.25) is 14.5 Å². The second-order valence-corrected chi connectivity index (χ2v) is 9.46. The van der Waals surface area contributed by atoms with Crippen molar-refractivity contribution in [1.82, 2.24) is 15.1 Å². The number of aliphatic hydroxyl groups is 1. The van der Waals surface area contributed by atoms with Crippen LogP contribution in [0.3, 0.4) is 0 Å². The van der Waals surface area contributed by atoms with Crippen molar-refractivity contribution >= 4 is 33.8 Å². The van der Waals surface area contributed by atoms with Crippen molar-refractivity contribution in [3.63, 3.8) is 0 Å². The average molecular weight is 558 g/mol. The molecule has 4 amide bonds. The van der Waals surface area contributed by atoms with Gasteiger partial charge in [0.2, 0.25) is 5.91 Å². The van der Waals surface area contributed by atoms with Gasteiger partial charge in [-0.15, -0.1) is 0 Å². The standard InChI is InChI=1S/C23H20BrF4N3O4/c1-12(23(26,27)28)30(10-13-2-5-15(25)6-3-13)19(33)11-31-20(34)22(29-21(31)35)9-18(32)16-8-14(24)4-7-17(16)22/h2-8,12,18,32H,9-11H2,1H3,(H,29,35)/t12-,18+,22-/m0/s1. The lowest BCUT2D eigenvalue weighted by molar-refractivity contribution is -0.187. The molecular formula is C23H20BrF4N3O4. The number of amides is 4. The molecule has 1 aliphatic heterocycles. The van der Waals surface area contributed by atoms with E-state index in [-0.39, 0.29) is 12.0 Å². The molecule has 1 saturated heterocycles. The Kier molecular flexibility index (Phi) is 6.39. The number of aliphatic hydroxyl groups excluding tert-OH is 1. The topological polar surface area (TPSA) is 90.0 Å². The third-order valence-electron chi connectivity index (χ3n) is 6.33. The van der Waals surface area contributed by atoms with Crippen LogP contribution in [0.15, 0.2) is 46.9 Å². The zero-order chi connectivity index (χ0) is 25.7. The van der Waals surface area contributed by atoms with E-state index in [1.165, 1.54) is 12.1 Å². The lowest BCUT2D eigenvalue weighted by Crippen LogP contribution is -2.51. The number of hydrogen-bond acceptors (Lipinski definition) is 4. The summed E-state index contributed by atoms with van der Waals surface area (Å²) in [5.41, 5.74) is -0.606. The maximum atomic E-state index is 13.5. The van der Waals surface area contributed by atoms with Crippen LogP contribution in [0.2, 0.25) is 0 Å². The lowest BCUT2D eigenvalue weighted by atomic mass is 9.92. The fourth-order valence-corrected chi connectivity index (χ4v) is 4.81. The molecule has 0 unspecified atom stereocenters. The molecule has 12 heteroatoms. The quantitative estimate of drug-likeness (QED) is 0.433. The van der Waals surface area contributed by atoms with Crippen molar-refractivity contribution in [2.75, 3.05) is 6.54 Å². The molecule has 0 saturated carbocycles. The maximum Gasteiger partial charge on any atom is 0.408 e. The molecule has 0 radical (unpaired) electrons. The number of urea groups is 1. The van der Waals surface area contributed by atoms with E-state index in [4.69, 9.17) is 0 Å². The molecule has 2 N–H and O–H groups in total. The average Bonchev–Trinajstić information content (AvgIpc) is 3.19. The Hall–Kier alpha value is -2.99. The van der Waals surface area contributed by atoms with Crippen LogP contribution in [0.5, 0.6) is 0 Å². The molecule has 0 bridgehead atoms. The molecule has 1 spiro atoms. The Morgan fingerprint density at radius 1 is 1.26 bits per heavy atom. The summed E-state index contributed by atoms with van der Waals surface area (Å²) in [6.45, 7) is -0.656. The molecule has 1 aliphatic carbocycles. The predicted molar refractivity (Wildman–Crippen MR) is 118 cm³/mol. The summed E-state index contributed by atoms with van der Waals surface area (Å²) in [5.74, 6) is -2.54. The highest BCUT2D eigenvalue weighted by Crippen LogP contribution is 2.47. The van der Waals surface area contributed by atoms with Gasteiger partial charge in [0.05, 0.1) is 6.10 Å². The second kappa shape index (κ2) is 8.90. The molecule has 4 rings (SSSR count). The van der Waals surface area contributed by atoms with Gasteiger partial charge in [-0.1, -0.05) is 34.1 Å². The van der Waals surface area contributed by atoms with E-state index in [0.717, 1.165) is 19.1 Å². The number of nitrogens with one attached hydrogen (secondary N) is 1. The number of benzene rings is 2. The van der Waals surface area contributed by atoms with Crippen molar-refractivity contribution in [3.8, 4) is 0 Å². The van der Waals surface area contributed by atoms with E-state index in [9.17, 15) is 37.1 Å². The van der Waals surface area contributed by atoms with Gasteiger partial charge in [0.1, 0.15) is 23.9 Å². The minimum absolute atomic E-state index is 0.174. The molecule has 2 aromatic rings. The van der Waals surface area contributed by atoms with E-state index in [1.807, 2.05) is 0 Å². The summed E-state index contributed by atoms with van der Waals surface area (Å²) < 4.78 is 54.5. The summed E-state index contributed by atoms with van der Waals surface area (Å²) in [6.07, 6.45) is -6.02. The highest BCUT2D eigenvalue weighted by Gasteiger charge is 2.58. The van der Waals surface area contributed by atoms with Crippen LogP contribution in [0, 0.1) is 5.82 Å². The van der Waals surface area contributed by atoms with E-state index in [2.05, 4.69) is 21.2 Å². The van der Waals surface area contributed by atoms with Gasteiger partial charge in [0.15, 0.2) is 0 Å². The van der Waals surface area contributed by atoms with Gasteiger partial charge >= 0.3 is 12.2 Å². The number of nitrogens with zero attached hydrogens (tertiary/aromatic N) is 2. The minimum atomic E-state index is -4.78. The van der Waals surface area contributed by atoms with E-state index in [1.54, 1.807) is 18.2 Å². The van der Waals surface area contributed by atoms with E-state index in [0.29, 0.717) is 25.4 Å². The number of carbonyl (C=O) groups excluding carboxylic acids is 3. The van der Waals surface area contributed by atoms with Gasteiger partial charge in [-0.05, 0) is 47.9 Å². The molecule has 35 heavy (non-hydrogen) atoms. The molecule has 7 nitrogen and oxygen atoms in total. The Morgan fingerprint density at radius 2 is 1.91 bits per heavy atom. The molecule has 2 aliphatic rings. The van der Waals surface area contributed by atoms with E-state index >= 15 is 0 Å². The molecule has 1 heterocycles. The first-order valence-electron chi connectivity index (χ1n) is 10.6. The predicted octanol–water partition coefficient (Wildman–Crippen LogP) is 3.75. The van der Waals surface area contributed by atoms with Crippen LogP contribution in [0.4, 0.5) is 22.4 Å². The van der Waals surface area contributed by atoms with Crippen LogP contribution in [0.25, 0.3) is 0 Å². The zero-order valence-corrected chi connectivity index (χ0v) is 19.9. The first-order chi connectivity index (χ1) is 16.3. The second-order valence-electron chi connectivity index (χ2n) is 8.54. The maximum absolute atomic E-state index is 13.5. The number of alkyl halides is 3. The lowest BCUT2D eigenvalue weighted by Gasteiger charge is -2.32. The number of fused-ring (bicyclic) bond motifs is 2. The summed E-state index contributed by atoms with van der Waals surface area (Å²) in [7, 11) is 0. The fourth-order valence-electron chi connectivity index (χ4n) is 4.43. The van der Waals surface area contributed by atoms with Crippen LogP contribution in [0.1, 0.15) is 36.1 Å². The van der Waals surface area contributed by atoms with E-state index < -0.39 is 60.6 Å². The first-order valence-corrected chi connectivity index (χ1v) is 11.4. The SMILES string of the molecule is C[C@H](N(Cc1ccc(F)cc1)C(=O)CN1C(=O)N[C@]2(C[C@@H](O)c3cc(Br)ccc32)C1=O)C(F)(F)F. The molecular weight excluding hydrogens is 538 g/mol. The van der Waals surface area contributed by atoms with Crippen molar-refractivity contribution in [1.29, 1.82) is 0 Å². The van der Waals surface area contributed by atoms with Crippen LogP contribution in [-0.2, 0) is 21.7 Å². The summed E-state index contributed by atoms with van der Waals surface area (Å²) in [6, 6.07) is 6.21. The highest BCUT2D eigenvalue weighted by atomic mass is 79.9. The molecule has 2 aromatic carbocycles. The third-order valence-corrected chi connectivity index (χ3v) is 6.82. The number of imide groups is 1. The first kappa shape index (κ1) is 25.1. The van der Waals surface area contributed by atoms with Crippen molar-refractivity contribution in [2.24, 2.45) is 0 Å². The van der Waals surface area contributed by atoms with Gasteiger partial charge in [-0.2, -0.15) is 13.2 Å². The zero-order valence-electron chi connectivity index (χ0n) is 18.3. The number of rotatable bonds is 5. The highest BCUT2D eigenvalue weighted by molar-refractivity contribution is 9.10. The van der Waals surface area contributed by atoms with Gasteiger partial charge in [0.25, 0.3) is 5.91 Å². The van der Waals surface area contributed by atoms with Gasteiger partial charge in [-0.25, -0.2) is 9.18 Å². The largest absolute Gasteiger partial charge is 0.408 e. The Labute approximate surface area is 205 Å². The monoisotopic (exact) mass is 557 g/mol. The third kappa shape index (κ3) is 4.52. The smallest absolute Gasteiger partial charge is 0.388 e. The van der Waals surface area contributed by atoms with Crippen molar-refractivity contribution in [2.45, 2.75) is 43.8 Å². The fraction of sp³-hybridized carbons (Fsp3) is 0.348. The van der Waals surface area contributed by atoms with Crippen molar-refractivity contribution < 1.29 is 37.1 Å². The minimum Gasteiger partial charge on any atom is -0.388 e.